The number of pyridine rings is 1. The van der Waals surface area contributed by atoms with E-state index in [1.807, 2.05) is 19.1 Å². The van der Waals surface area contributed by atoms with E-state index in [1.165, 1.54) is 11.0 Å². The normalized spacial score (nSPS) is 25.9. The van der Waals surface area contributed by atoms with E-state index in [4.69, 9.17) is 4.74 Å². The van der Waals surface area contributed by atoms with E-state index >= 15 is 0 Å². The van der Waals surface area contributed by atoms with Gasteiger partial charge in [0.1, 0.15) is 15.4 Å². The standard InChI is InChI=1S/C26H33N7O5S2/c1-26(7-8-26)29-40(36,37)22-10-20-23(34)32(15-18-12-28-30(2)13-18)25(35)33(24(20)39-22)14-17-4-5-21(27-11-17)31-9-6-19(16-31)38-3/h4-5,10-13,19-20,24,29H,6-9,14-16H2,1-3H3/t19-,20?,24?/m0/s1. The first-order valence-electron chi connectivity index (χ1n) is 13.3. The number of ether oxygens (including phenoxy) is 1. The van der Waals surface area contributed by atoms with Crippen LogP contribution in [0.5, 0.6) is 0 Å². The van der Waals surface area contributed by atoms with Crippen molar-refractivity contribution in [2.45, 2.75) is 56.3 Å². The van der Waals surface area contributed by atoms with Gasteiger partial charge in [0.25, 0.3) is 0 Å². The molecule has 40 heavy (non-hydrogen) atoms. The Labute approximate surface area is 237 Å². The number of aromatic nitrogens is 3. The molecule has 3 amide bonds. The number of sulfonamides is 1. The van der Waals surface area contributed by atoms with Crippen LogP contribution in [0.3, 0.4) is 0 Å². The molecule has 6 rings (SSSR count). The maximum absolute atomic E-state index is 13.8. The fraction of sp³-hybridized carbons (Fsp3) is 0.538. The number of anilines is 1. The number of hydrogen-bond acceptors (Lipinski definition) is 9. The van der Waals surface area contributed by atoms with E-state index in [0.29, 0.717) is 5.56 Å². The molecule has 14 heteroatoms. The minimum Gasteiger partial charge on any atom is -0.380 e. The quantitative estimate of drug-likeness (QED) is 0.468. The van der Waals surface area contributed by atoms with Crippen LogP contribution in [-0.4, -0.2) is 82.1 Å². The third-order valence-electron chi connectivity index (χ3n) is 7.90. The molecule has 2 aromatic heterocycles. The molecule has 1 aliphatic carbocycles. The third kappa shape index (κ3) is 5.24. The largest absolute Gasteiger partial charge is 0.380 e. The first-order chi connectivity index (χ1) is 19.0. The van der Waals surface area contributed by atoms with Gasteiger partial charge in [0.15, 0.2) is 0 Å². The van der Waals surface area contributed by atoms with E-state index in [2.05, 4.69) is 19.7 Å². The second-order valence-corrected chi connectivity index (χ2v) is 14.2. The molecular formula is C26H33N7O5S2. The zero-order valence-corrected chi connectivity index (χ0v) is 24.3. The van der Waals surface area contributed by atoms with Gasteiger partial charge >= 0.3 is 6.03 Å². The van der Waals surface area contributed by atoms with Crippen molar-refractivity contribution in [1.82, 2.24) is 29.3 Å². The van der Waals surface area contributed by atoms with Crippen LogP contribution in [0.1, 0.15) is 37.3 Å². The number of carbonyl (C=O) groups is 2. The van der Waals surface area contributed by atoms with Gasteiger partial charge in [0.2, 0.25) is 15.9 Å². The van der Waals surface area contributed by atoms with Crippen LogP contribution < -0.4 is 9.62 Å². The number of carbonyl (C=O) groups excluding carboxylic acids is 2. The molecule has 3 aliphatic heterocycles. The number of urea groups is 1. The fourth-order valence-electron chi connectivity index (χ4n) is 5.33. The Morgan fingerprint density at radius 1 is 1.18 bits per heavy atom. The van der Waals surface area contributed by atoms with Crippen LogP contribution in [0.25, 0.3) is 0 Å². The van der Waals surface area contributed by atoms with E-state index in [0.717, 1.165) is 55.5 Å². The Kier molecular flexibility index (Phi) is 6.92. The fourth-order valence-corrected chi connectivity index (χ4v) is 8.63. The van der Waals surface area contributed by atoms with Gasteiger partial charge in [-0.1, -0.05) is 17.8 Å². The zero-order chi connectivity index (χ0) is 28.2. The first kappa shape index (κ1) is 27.2. The molecule has 0 aromatic carbocycles. The molecule has 2 aromatic rings. The highest BCUT2D eigenvalue weighted by Gasteiger charge is 2.52. The lowest BCUT2D eigenvalue weighted by atomic mass is 10.0. The van der Waals surface area contributed by atoms with Crippen LogP contribution in [0, 0.1) is 5.92 Å². The van der Waals surface area contributed by atoms with E-state index < -0.39 is 38.8 Å². The molecule has 1 saturated carbocycles. The van der Waals surface area contributed by atoms with Crippen LogP contribution in [0.2, 0.25) is 0 Å². The van der Waals surface area contributed by atoms with Crippen molar-refractivity contribution in [2.24, 2.45) is 13.0 Å². The first-order valence-corrected chi connectivity index (χ1v) is 15.7. The summed E-state index contributed by atoms with van der Waals surface area (Å²) in [6.07, 6.45) is 9.26. The van der Waals surface area contributed by atoms with E-state index in [1.54, 1.807) is 42.3 Å². The predicted octanol–water partition coefficient (Wildman–Crippen LogP) is 2.01. The average Bonchev–Trinajstić information content (AvgIpc) is 3.35. The van der Waals surface area contributed by atoms with Gasteiger partial charge in [0.05, 0.1) is 31.3 Å². The Morgan fingerprint density at radius 2 is 1.98 bits per heavy atom. The Hall–Kier alpha value is -2.94. The lowest BCUT2D eigenvalue weighted by Crippen LogP contribution is -2.58. The van der Waals surface area contributed by atoms with Crippen LogP contribution >= 0.6 is 11.8 Å². The predicted molar refractivity (Wildman–Crippen MR) is 149 cm³/mol. The number of imide groups is 1. The van der Waals surface area contributed by atoms with Gasteiger partial charge in [-0.15, -0.1) is 0 Å². The highest BCUT2D eigenvalue weighted by atomic mass is 32.3. The maximum atomic E-state index is 13.8. The maximum Gasteiger partial charge on any atom is 0.328 e. The van der Waals surface area contributed by atoms with Crippen molar-refractivity contribution in [1.29, 1.82) is 0 Å². The number of fused-ring (bicyclic) bond motifs is 1. The molecular weight excluding hydrogens is 554 g/mol. The molecule has 2 unspecified atom stereocenters. The van der Waals surface area contributed by atoms with Gasteiger partial charge < -0.3 is 14.5 Å². The van der Waals surface area contributed by atoms with Gasteiger partial charge in [-0.05, 0) is 43.9 Å². The minimum absolute atomic E-state index is 0.0505. The highest BCUT2D eigenvalue weighted by Crippen LogP contribution is 2.46. The summed E-state index contributed by atoms with van der Waals surface area (Å²) in [6.45, 7) is 3.73. The summed E-state index contributed by atoms with van der Waals surface area (Å²) in [7, 11) is -0.344. The number of nitrogens with one attached hydrogen (secondary N) is 1. The summed E-state index contributed by atoms with van der Waals surface area (Å²) >= 11 is 1.05. The van der Waals surface area contributed by atoms with Crippen molar-refractivity contribution in [2.75, 3.05) is 25.1 Å². The Balaban J connectivity index is 1.26. The molecule has 3 atom stereocenters. The Bertz CT molecular complexity index is 1450. The summed E-state index contributed by atoms with van der Waals surface area (Å²) in [5.41, 5.74) is 1.04. The van der Waals surface area contributed by atoms with Gasteiger partial charge in [-0.3, -0.25) is 14.4 Å². The minimum atomic E-state index is -3.82. The summed E-state index contributed by atoms with van der Waals surface area (Å²) in [4.78, 5) is 36.9. The number of thioether (sulfide) groups is 1. The van der Waals surface area contributed by atoms with Crippen LogP contribution in [0.15, 0.2) is 41.0 Å². The molecule has 1 N–H and O–H groups in total. The van der Waals surface area contributed by atoms with Crippen molar-refractivity contribution in [3.63, 3.8) is 0 Å². The van der Waals surface area contributed by atoms with Gasteiger partial charge in [-0.2, -0.15) is 5.10 Å². The van der Waals surface area contributed by atoms with Crippen LogP contribution in [0.4, 0.5) is 10.6 Å². The SMILES string of the molecule is CO[C@H]1CCN(c2ccc(CN3C(=O)N(Cc4cnn(C)c4)C(=O)C4C=C(S(=O)(=O)NC5(C)CC5)SC43)cn2)C1. The molecule has 0 spiro atoms. The lowest BCUT2D eigenvalue weighted by molar-refractivity contribution is -0.135. The molecule has 12 nitrogen and oxygen atoms in total. The summed E-state index contributed by atoms with van der Waals surface area (Å²) < 4.78 is 36.3. The van der Waals surface area contributed by atoms with E-state index in [-0.39, 0.29) is 23.4 Å². The second-order valence-electron chi connectivity index (χ2n) is 11.2. The van der Waals surface area contributed by atoms with E-state index in [9.17, 15) is 18.0 Å². The van der Waals surface area contributed by atoms with Crippen LogP contribution in [-0.2, 0) is 39.7 Å². The number of aryl methyl sites for hydroxylation is 1. The topological polar surface area (TPSA) is 130 Å². The average molecular weight is 588 g/mol. The highest BCUT2D eigenvalue weighted by molar-refractivity contribution is 8.18. The molecule has 0 radical (unpaired) electrons. The summed E-state index contributed by atoms with van der Waals surface area (Å²) in [6, 6.07) is 3.38. The lowest BCUT2D eigenvalue weighted by Gasteiger charge is -2.41. The van der Waals surface area contributed by atoms with Crippen molar-refractivity contribution in [3.05, 3.63) is 52.2 Å². The smallest absolute Gasteiger partial charge is 0.328 e. The monoisotopic (exact) mass is 587 g/mol. The molecule has 4 aliphatic rings. The second kappa shape index (κ2) is 10.2. The van der Waals surface area contributed by atoms with Crippen molar-refractivity contribution < 1.29 is 22.7 Å². The van der Waals surface area contributed by atoms with Crippen molar-refractivity contribution >= 4 is 39.5 Å². The van der Waals surface area contributed by atoms with Gasteiger partial charge in [-0.25, -0.2) is 22.9 Å². The third-order valence-corrected chi connectivity index (χ3v) is 11.4. The number of methoxy groups -OCH3 is 1. The molecule has 0 bridgehead atoms. The molecule has 2 saturated heterocycles. The van der Waals surface area contributed by atoms with Crippen molar-refractivity contribution in [3.8, 4) is 0 Å². The number of nitrogens with zero attached hydrogens (tertiary/aromatic N) is 6. The molecule has 5 heterocycles. The van der Waals surface area contributed by atoms with Gasteiger partial charge in [0, 0.05) is 50.7 Å². The Morgan fingerprint density at radius 3 is 2.60 bits per heavy atom. The molecule has 214 valence electrons. The number of rotatable bonds is 9. The number of amides is 3. The number of hydrogen-bond donors (Lipinski definition) is 1. The molecule has 3 fully saturated rings. The summed E-state index contributed by atoms with van der Waals surface area (Å²) in [5, 5.41) is 3.47. The summed E-state index contributed by atoms with van der Waals surface area (Å²) in [5.74, 6) is -0.370. The zero-order valence-electron chi connectivity index (χ0n) is 22.7.